The van der Waals surface area contributed by atoms with Crippen LogP contribution < -0.4 is 16.4 Å². The number of hydrogen-bond acceptors (Lipinski definition) is 5. The molecule has 0 bridgehead atoms. The minimum atomic E-state index is -0.657. The molecule has 5 rings (SSSR count). The first-order valence-electron chi connectivity index (χ1n) is 10.5. The second-order valence-corrected chi connectivity index (χ2v) is 7.56. The van der Waals surface area contributed by atoms with E-state index in [1.165, 1.54) is 0 Å². The molecule has 2 aromatic carbocycles. The van der Waals surface area contributed by atoms with E-state index < -0.39 is 6.03 Å². The Morgan fingerprint density at radius 2 is 1.68 bits per heavy atom. The lowest BCUT2D eigenvalue weighted by Crippen LogP contribution is -2.19. The van der Waals surface area contributed by atoms with Crippen molar-refractivity contribution >= 4 is 34.3 Å². The first kappa shape index (κ1) is 21.0. The molecule has 5 aromatic rings. The average Bonchev–Trinajstić information content (AvgIpc) is 3.50. The Kier molecular flexibility index (Phi) is 5.49. The number of amides is 3. The van der Waals surface area contributed by atoms with E-state index in [1.54, 1.807) is 47.5 Å². The highest BCUT2D eigenvalue weighted by atomic mass is 16.3. The van der Waals surface area contributed by atoms with Crippen molar-refractivity contribution < 1.29 is 14.0 Å². The Morgan fingerprint density at radius 3 is 2.35 bits per heavy atom. The van der Waals surface area contributed by atoms with Gasteiger partial charge in [-0.25, -0.2) is 14.5 Å². The number of primary amides is 1. The van der Waals surface area contributed by atoms with Gasteiger partial charge in [-0.15, -0.1) is 0 Å². The summed E-state index contributed by atoms with van der Waals surface area (Å²) in [4.78, 5) is 29.1. The van der Waals surface area contributed by atoms with Gasteiger partial charge in [-0.3, -0.25) is 4.79 Å². The van der Waals surface area contributed by atoms with Crippen LogP contribution in [0.25, 0.3) is 22.3 Å². The number of nitrogens with zero attached hydrogens (tertiary/aromatic N) is 3. The Labute approximate surface area is 194 Å². The number of furan rings is 1. The predicted octanol–water partition coefficient (Wildman–Crippen LogP) is 4.48. The van der Waals surface area contributed by atoms with Crippen molar-refractivity contribution in [3.05, 3.63) is 96.6 Å². The van der Waals surface area contributed by atoms with Crippen LogP contribution >= 0.6 is 0 Å². The molecule has 9 nitrogen and oxygen atoms in total. The van der Waals surface area contributed by atoms with E-state index in [1.807, 2.05) is 42.5 Å². The van der Waals surface area contributed by atoms with Crippen LogP contribution in [0.2, 0.25) is 0 Å². The summed E-state index contributed by atoms with van der Waals surface area (Å²) in [5.41, 5.74) is 8.78. The zero-order valence-electron chi connectivity index (χ0n) is 17.9. The van der Waals surface area contributed by atoms with E-state index in [4.69, 9.17) is 15.1 Å². The zero-order chi connectivity index (χ0) is 23.5. The van der Waals surface area contributed by atoms with Crippen LogP contribution in [-0.4, -0.2) is 26.7 Å². The molecule has 4 N–H and O–H groups in total. The molecule has 0 spiro atoms. The number of nitrogens with one attached hydrogen (secondary N) is 2. The maximum Gasteiger partial charge on any atom is 0.316 e. The Balaban J connectivity index is 1.53. The Morgan fingerprint density at radius 1 is 0.941 bits per heavy atom. The van der Waals surface area contributed by atoms with Gasteiger partial charge in [-0.05, 0) is 42.5 Å². The number of carbonyl (C=O) groups is 2. The molecule has 0 aliphatic rings. The first-order valence-corrected chi connectivity index (χ1v) is 10.5. The molecule has 3 heterocycles. The number of anilines is 2. The fourth-order valence-electron chi connectivity index (χ4n) is 3.64. The minimum absolute atomic E-state index is 0.308. The predicted molar refractivity (Wildman–Crippen MR) is 128 cm³/mol. The lowest BCUT2D eigenvalue weighted by molar-refractivity contribution is 0.102. The second kappa shape index (κ2) is 8.91. The first-order chi connectivity index (χ1) is 16.6. The van der Waals surface area contributed by atoms with Crippen LogP contribution in [0.1, 0.15) is 16.1 Å². The third kappa shape index (κ3) is 4.35. The van der Waals surface area contributed by atoms with Gasteiger partial charge >= 0.3 is 6.03 Å². The largest absolute Gasteiger partial charge is 0.467 e. The molecular weight excluding hydrogens is 432 g/mol. The van der Waals surface area contributed by atoms with Crippen molar-refractivity contribution in [2.24, 2.45) is 5.73 Å². The standard InChI is InChI=1S/C25H20N6O3/c26-25(33)29-18-10-8-17(9-11-18)28-24(32)20-13-22(16-5-2-1-3-6-16)30-23-21(20)14-27-31(23)15-19-7-4-12-34-19/h1-14H,15H2,(H,28,32)(H3,26,29,33). The molecule has 0 radical (unpaired) electrons. The molecule has 9 heteroatoms. The zero-order valence-corrected chi connectivity index (χ0v) is 17.9. The van der Waals surface area contributed by atoms with Gasteiger partial charge in [0.1, 0.15) is 12.3 Å². The van der Waals surface area contributed by atoms with E-state index in [0.29, 0.717) is 40.2 Å². The highest BCUT2D eigenvalue weighted by molar-refractivity contribution is 6.12. The number of pyridine rings is 1. The van der Waals surface area contributed by atoms with Crippen molar-refractivity contribution in [1.29, 1.82) is 0 Å². The monoisotopic (exact) mass is 452 g/mol. The van der Waals surface area contributed by atoms with Gasteiger partial charge in [0.25, 0.3) is 5.91 Å². The molecule has 0 aliphatic carbocycles. The fourth-order valence-corrected chi connectivity index (χ4v) is 3.64. The lowest BCUT2D eigenvalue weighted by atomic mass is 10.1. The number of nitrogens with two attached hydrogens (primary N) is 1. The summed E-state index contributed by atoms with van der Waals surface area (Å²) in [6, 6.07) is 21.1. The van der Waals surface area contributed by atoms with Gasteiger partial charge in [0.05, 0.1) is 29.1 Å². The number of fused-ring (bicyclic) bond motifs is 1. The number of aromatic nitrogens is 3. The van der Waals surface area contributed by atoms with Crippen molar-refractivity contribution in [3.8, 4) is 11.3 Å². The summed E-state index contributed by atoms with van der Waals surface area (Å²) < 4.78 is 7.17. The van der Waals surface area contributed by atoms with Crippen LogP contribution in [0.5, 0.6) is 0 Å². The van der Waals surface area contributed by atoms with Gasteiger partial charge in [-0.2, -0.15) is 5.10 Å². The van der Waals surface area contributed by atoms with Gasteiger partial charge in [0.15, 0.2) is 5.65 Å². The van der Waals surface area contributed by atoms with Gasteiger partial charge in [-0.1, -0.05) is 30.3 Å². The molecule has 3 amide bonds. The average molecular weight is 452 g/mol. The summed E-state index contributed by atoms with van der Waals surface area (Å²) in [6.07, 6.45) is 3.24. The molecule has 0 unspecified atom stereocenters. The quantitative estimate of drug-likeness (QED) is 0.350. The summed E-state index contributed by atoms with van der Waals surface area (Å²) in [5, 5.41) is 10.5. The molecular formula is C25H20N6O3. The normalized spacial score (nSPS) is 10.8. The maximum atomic E-state index is 13.3. The number of hydrogen-bond donors (Lipinski definition) is 3. The number of rotatable bonds is 6. The molecule has 0 atom stereocenters. The third-order valence-corrected chi connectivity index (χ3v) is 5.22. The van der Waals surface area contributed by atoms with Crippen LogP contribution in [0.4, 0.5) is 16.2 Å². The van der Waals surface area contributed by atoms with E-state index in [9.17, 15) is 9.59 Å². The van der Waals surface area contributed by atoms with Crippen molar-refractivity contribution in [1.82, 2.24) is 14.8 Å². The minimum Gasteiger partial charge on any atom is -0.467 e. The highest BCUT2D eigenvalue weighted by Crippen LogP contribution is 2.26. The van der Waals surface area contributed by atoms with Crippen LogP contribution in [-0.2, 0) is 6.54 Å². The smallest absolute Gasteiger partial charge is 0.316 e. The Hall–Kier alpha value is -4.92. The summed E-state index contributed by atoms with van der Waals surface area (Å²) in [5.74, 6) is 0.422. The maximum absolute atomic E-state index is 13.3. The number of carbonyl (C=O) groups excluding carboxylic acids is 2. The number of benzene rings is 2. The van der Waals surface area contributed by atoms with Crippen LogP contribution in [0.15, 0.2) is 89.7 Å². The lowest BCUT2D eigenvalue weighted by Gasteiger charge is -2.10. The van der Waals surface area contributed by atoms with Crippen LogP contribution in [0.3, 0.4) is 0 Å². The van der Waals surface area contributed by atoms with Crippen LogP contribution in [0, 0.1) is 0 Å². The molecule has 0 saturated heterocycles. The summed E-state index contributed by atoms with van der Waals surface area (Å²) in [7, 11) is 0. The van der Waals surface area contributed by atoms with E-state index in [0.717, 1.165) is 11.3 Å². The van der Waals surface area contributed by atoms with E-state index >= 15 is 0 Å². The summed E-state index contributed by atoms with van der Waals surface area (Å²) in [6.45, 7) is 0.386. The van der Waals surface area contributed by atoms with Crippen molar-refractivity contribution in [2.45, 2.75) is 6.54 Å². The fraction of sp³-hybridized carbons (Fsp3) is 0.0400. The third-order valence-electron chi connectivity index (χ3n) is 5.22. The molecule has 34 heavy (non-hydrogen) atoms. The highest BCUT2D eigenvalue weighted by Gasteiger charge is 2.18. The molecule has 0 saturated carbocycles. The van der Waals surface area contributed by atoms with E-state index in [2.05, 4.69) is 15.7 Å². The number of urea groups is 1. The molecule has 0 aliphatic heterocycles. The summed E-state index contributed by atoms with van der Waals surface area (Å²) >= 11 is 0. The SMILES string of the molecule is NC(=O)Nc1ccc(NC(=O)c2cc(-c3ccccc3)nc3c2cnn3Cc2ccco2)cc1. The molecule has 168 valence electrons. The van der Waals surface area contributed by atoms with Gasteiger partial charge < -0.3 is 20.8 Å². The topological polar surface area (TPSA) is 128 Å². The van der Waals surface area contributed by atoms with Gasteiger partial charge in [0.2, 0.25) is 0 Å². The molecule has 0 fully saturated rings. The van der Waals surface area contributed by atoms with Crippen molar-refractivity contribution in [2.75, 3.05) is 10.6 Å². The molecule has 3 aromatic heterocycles. The van der Waals surface area contributed by atoms with Gasteiger partial charge in [0, 0.05) is 16.9 Å². The van der Waals surface area contributed by atoms with Crippen molar-refractivity contribution in [3.63, 3.8) is 0 Å². The Bertz CT molecular complexity index is 1460. The second-order valence-electron chi connectivity index (χ2n) is 7.56. The van der Waals surface area contributed by atoms with E-state index in [-0.39, 0.29) is 5.91 Å².